The zero-order valence-electron chi connectivity index (χ0n) is 12.2. The zero-order valence-corrected chi connectivity index (χ0v) is 12.2. The molecule has 0 radical (unpaired) electrons. The van der Waals surface area contributed by atoms with E-state index in [0.29, 0.717) is 0 Å². The fourth-order valence-corrected chi connectivity index (χ4v) is 2.09. The third kappa shape index (κ3) is 2.41. The molecular formula is C12H17N5O4. The minimum absolute atomic E-state index is 0.176. The van der Waals surface area contributed by atoms with Gasteiger partial charge in [0.15, 0.2) is 11.2 Å². The number of nitrogens with zero attached hydrogens (tertiary/aromatic N) is 3. The summed E-state index contributed by atoms with van der Waals surface area (Å²) < 4.78 is 2.64. The molecule has 2 aromatic heterocycles. The van der Waals surface area contributed by atoms with Crippen LogP contribution in [0.25, 0.3) is 11.2 Å². The third-order valence-corrected chi connectivity index (χ3v) is 3.35. The Hall–Kier alpha value is -2.58. The fourth-order valence-electron chi connectivity index (χ4n) is 2.09. The molecular weight excluding hydrogens is 278 g/mol. The third-order valence-electron chi connectivity index (χ3n) is 3.35. The first-order valence-electron chi connectivity index (χ1n) is 6.39. The standard InChI is InChI=1S/C12H17N5O4/c1-5(2)6(10(19)20)13-11-14-8-7(16(11)3)9(18)15-12(21)17(8)4/h5-6H,1-4H3,(H,13,14)(H,19,20)(H,15,18,21)/t6-/m1/s1. The van der Waals surface area contributed by atoms with Gasteiger partial charge in [0, 0.05) is 14.1 Å². The van der Waals surface area contributed by atoms with E-state index in [9.17, 15) is 19.5 Å². The van der Waals surface area contributed by atoms with Crippen molar-refractivity contribution >= 4 is 23.1 Å². The summed E-state index contributed by atoms with van der Waals surface area (Å²) in [5, 5.41) is 12.0. The van der Waals surface area contributed by atoms with Crippen molar-refractivity contribution in [3.05, 3.63) is 20.8 Å². The number of carbonyl (C=O) groups is 1. The summed E-state index contributed by atoms with van der Waals surface area (Å²) in [7, 11) is 3.06. The van der Waals surface area contributed by atoms with Gasteiger partial charge >= 0.3 is 11.7 Å². The lowest BCUT2D eigenvalue weighted by Crippen LogP contribution is -2.35. The Labute approximate surface area is 119 Å². The van der Waals surface area contributed by atoms with Crippen LogP contribution in [0.1, 0.15) is 13.8 Å². The molecule has 0 unspecified atom stereocenters. The van der Waals surface area contributed by atoms with Gasteiger partial charge in [0.25, 0.3) is 5.56 Å². The molecule has 2 heterocycles. The van der Waals surface area contributed by atoms with Crippen molar-refractivity contribution in [1.29, 1.82) is 0 Å². The SMILES string of the molecule is CC(C)[C@@H](Nc1nc2c(c(=O)[nH]c(=O)n2C)n1C)C(=O)O. The Morgan fingerprint density at radius 3 is 2.43 bits per heavy atom. The van der Waals surface area contributed by atoms with Crippen molar-refractivity contribution in [2.75, 3.05) is 5.32 Å². The van der Waals surface area contributed by atoms with E-state index in [-0.39, 0.29) is 23.0 Å². The van der Waals surface area contributed by atoms with Crippen molar-refractivity contribution in [3.8, 4) is 0 Å². The molecule has 1 atom stereocenters. The normalized spacial score (nSPS) is 12.8. The lowest BCUT2D eigenvalue weighted by molar-refractivity contribution is -0.138. The van der Waals surface area contributed by atoms with Crippen molar-refractivity contribution in [2.24, 2.45) is 20.0 Å². The number of aromatic amines is 1. The van der Waals surface area contributed by atoms with E-state index >= 15 is 0 Å². The van der Waals surface area contributed by atoms with Crippen molar-refractivity contribution < 1.29 is 9.90 Å². The molecule has 9 heteroatoms. The van der Waals surface area contributed by atoms with Crippen LogP contribution in [-0.2, 0) is 18.9 Å². The Balaban J connectivity index is 2.62. The average molecular weight is 295 g/mol. The second kappa shape index (κ2) is 5.08. The summed E-state index contributed by atoms with van der Waals surface area (Å²) in [5.41, 5.74) is -0.738. The summed E-state index contributed by atoms with van der Waals surface area (Å²) >= 11 is 0. The molecule has 0 aliphatic carbocycles. The number of aliphatic carboxylic acids is 1. The minimum Gasteiger partial charge on any atom is -0.480 e. The van der Waals surface area contributed by atoms with Crippen LogP contribution >= 0.6 is 0 Å². The van der Waals surface area contributed by atoms with E-state index in [4.69, 9.17) is 0 Å². The first-order chi connectivity index (χ1) is 9.73. The van der Waals surface area contributed by atoms with Gasteiger partial charge in [0.05, 0.1) is 0 Å². The highest BCUT2D eigenvalue weighted by Gasteiger charge is 2.24. The molecule has 9 nitrogen and oxygen atoms in total. The first kappa shape index (κ1) is 14.8. The van der Waals surface area contributed by atoms with Crippen LogP contribution in [0.4, 0.5) is 5.95 Å². The number of anilines is 1. The molecule has 0 fully saturated rings. The van der Waals surface area contributed by atoms with Crippen LogP contribution in [0, 0.1) is 5.92 Å². The van der Waals surface area contributed by atoms with Crippen molar-refractivity contribution in [2.45, 2.75) is 19.9 Å². The maximum atomic E-state index is 11.9. The summed E-state index contributed by atoms with van der Waals surface area (Å²) in [5.74, 6) is -0.970. The number of carboxylic acid groups (broad SMARTS) is 1. The Bertz CT molecular complexity index is 813. The number of nitrogens with one attached hydrogen (secondary N) is 2. The molecule has 2 aromatic rings. The van der Waals surface area contributed by atoms with Gasteiger partial charge in [-0.15, -0.1) is 0 Å². The van der Waals surface area contributed by atoms with Crippen molar-refractivity contribution in [1.82, 2.24) is 19.1 Å². The van der Waals surface area contributed by atoms with Crippen LogP contribution in [0.3, 0.4) is 0 Å². The molecule has 0 saturated heterocycles. The molecule has 0 aromatic carbocycles. The molecule has 0 aliphatic heterocycles. The van der Waals surface area contributed by atoms with E-state index in [1.165, 1.54) is 16.2 Å². The van der Waals surface area contributed by atoms with Crippen LogP contribution in [0.15, 0.2) is 9.59 Å². The maximum absolute atomic E-state index is 11.9. The first-order valence-corrected chi connectivity index (χ1v) is 6.39. The highest BCUT2D eigenvalue weighted by atomic mass is 16.4. The van der Waals surface area contributed by atoms with Crippen LogP contribution in [0.5, 0.6) is 0 Å². The molecule has 0 amide bonds. The monoisotopic (exact) mass is 295 g/mol. The fraction of sp³-hybridized carbons (Fsp3) is 0.500. The predicted molar refractivity (Wildman–Crippen MR) is 76.5 cm³/mol. The largest absolute Gasteiger partial charge is 0.480 e. The van der Waals surface area contributed by atoms with E-state index in [1.807, 2.05) is 0 Å². The Kier molecular flexibility index (Phi) is 3.58. The number of rotatable bonds is 4. The maximum Gasteiger partial charge on any atom is 0.329 e. The van der Waals surface area contributed by atoms with Crippen LogP contribution in [-0.4, -0.2) is 36.2 Å². The number of H-pyrrole nitrogens is 1. The number of aryl methyl sites for hydroxylation is 2. The lowest BCUT2D eigenvalue weighted by Gasteiger charge is -2.18. The second-order valence-corrected chi connectivity index (χ2v) is 5.19. The van der Waals surface area contributed by atoms with E-state index < -0.39 is 23.3 Å². The van der Waals surface area contributed by atoms with Crippen molar-refractivity contribution in [3.63, 3.8) is 0 Å². The lowest BCUT2D eigenvalue weighted by atomic mass is 10.1. The highest BCUT2D eigenvalue weighted by molar-refractivity contribution is 5.79. The molecule has 2 rings (SSSR count). The number of hydrogen-bond acceptors (Lipinski definition) is 5. The molecule has 0 saturated carbocycles. The molecule has 0 spiro atoms. The number of aromatic nitrogens is 4. The molecule has 21 heavy (non-hydrogen) atoms. The number of fused-ring (bicyclic) bond motifs is 1. The molecule has 0 aliphatic rings. The van der Waals surface area contributed by atoms with Gasteiger partial charge in [-0.2, -0.15) is 4.98 Å². The summed E-state index contributed by atoms with van der Waals surface area (Å²) in [6.07, 6.45) is 0. The van der Waals surface area contributed by atoms with Gasteiger partial charge in [-0.25, -0.2) is 9.59 Å². The van der Waals surface area contributed by atoms with E-state index in [1.54, 1.807) is 20.9 Å². The van der Waals surface area contributed by atoms with Crippen LogP contribution < -0.4 is 16.6 Å². The number of carboxylic acids is 1. The topological polar surface area (TPSA) is 122 Å². The number of hydrogen-bond donors (Lipinski definition) is 3. The average Bonchev–Trinajstić information content (AvgIpc) is 2.70. The zero-order chi connectivity index (χ0) is 15.9. The Morgan fingerprint density at radius 2 is 1.90 bits per heavy atom. The Morgan fingerprint density at radius 1 is 1.29 bits per heavy atom. The van der Waals surface area contributed by atoms with Gasteiger partial charge in [-0.3, -0.25) is 14.3 Å². The highest BCUT2D eigenvalue weighted by Crippen LogP contribution is 2.16. The summed E-state index contributed by atoms with van der Waals surface area (Å²) in [4.78, 5) is 41.0. The van der Waals surface area contributed by atoms with E-state index in [0.717, 1.165) is 0 Å². The molecule has 3 N–H and O–H groups in total. The molecule has 0 bridgehead atoms. The van der Waals surface area contributed by atoms with Gasteiger partial charge in [0.1, 0.15) is 6.04 Å². The van der Waals surface area contributed by atoms with Gasteiger partial charge in [-0.1, -0.05) is 13.8 Å². The predicted octanol–water partition coefficient (Wildman–Crippen LogP) is -0.519. The minimum atomic E-state index is -1.01. The van der Waals surface area contributed by atoms with Gasteiger partial charge in [-0.05, 0) is 5.92 Å². The summed E-state index contributed by atoms with van der Waals surface area (Å²) in [6, 6.07) is -0.850. The second-order valence-electron chi connectivity index (χ2n) is 5.19. The number of imidazole rings is 1. The van der Waals surface area contributed by atoms with E-state index in [2.05, 4.69) is 15.3 Å². The summed E-state index contributed by atoms with van der Waals surface area (Å²) in [6.45, 7) is 3.52. The molecule has 114 valence electrons. The van der Waals surface area contributed by atoms with Crippen LogP contribution in [0.2, 0.25) is 0 Å². The van der Waals surface area contributed by atoms with Gasteiger partial charge < -0.3 is 15.0 Å². The quantitative estimate of drug-likeness (QED) is 0.697. The smallest absolute Gasteiger partial charge is 0.329 e. The van der Waals surface area contributed by atoms with Gasteiger partial charge in [0.2, 0.25) is 5.95 Å².